The van der Waals surface area contributed by atoms with Crippen LogP contribution in [0.1, 0.15) is 35.3 Å². The summed E-state index contributed by atoms with van der Waals surface area (Å²) in [5.41, 5.74) is 0.562. The van der Waals surface area contributed by atoms with E-state index in [1.807, 2.05) is 6.07 Å². The molecule has 1 saturated heterocycles. The van der Waals surface area contributed by atoms with Gasteiger partial charge in [0.15, 0.2) is 0 Å². The summed E-state index contributed by atoms with van der Waals surface area (Å²) in [5, 5.41) is 8.89. The van der Waals surface area contributed by atoms with E-state index in [2.05, 4.69) is 0 Å². The fourth-order valence-corrected chi connectivity index (χ4v) is 5.41. The van der Waals surface area contributed by atoms with Gasteiger partial charge in [-0.05, 0) is 49.7 Å². The molecule has 0 N–H and O–H groups in total. The highest BCUT2D eigenvalue weighted by Gasteiger charge is 2.35. The fraction of sp³-hybridized carbons (Fsp3) is 0.391. The molecule has 7 nitrogen and oxygen atoms in total. The van der Waals surface area contributed by atoms with Crippen LogP contribution in [0.4, 0.5) is 13.2 Å². The predicted octanol–water partition coefficient (Wildman–Crippen LogP) is 3.56. The molecule has 0 bridgehead atoms. The number of sulfonamides is 1. The van der Waals surface area contributed by atoms with Crippen LogP contribution in [0.25, 0.3) is 0 Å². The third kappa shape index (κ3) is 6.34. The molecule has 0 aromatic heterocycles. The van der Waals surface area contributed by atoms with E-state index >= 15 is 0 Å². The molecule has 182 valence electrons. The Balaban J connectivity index is 1.89. The van der Waals surface area contributed by atoms with Crippen LogP contribution in [-0.2, 0) is 21.3 Å². The number of ether oxygens (including phenoxy) is 1. The molecule has 1 heterocycles. The van der Waals surface area contributed by atoms with Crippen LogP contribution >= 0.6 is 0 Å². The second-order valence-electron chi connectivity index (χ2n) is 8.19. The van der Waals surface area contributed by atoms with Crippen LogP contribution in [0.15, 0.2) is 53.4 Å². The third-order valence-corrected chi connectivity index (χ3v) is 7.05. The lowest BCUT2D eigenvalue weighted by atomic mass is 10.1. The van der Waals surface area contributed by atoms with Crippen molar-refractivity contribution in [2.45, 2.75) is 43.7 Å². The lowest BCUT2D eigenvalue weighted by Crippen LogP contribution is -2.48. The molecule has 0 radical (unpaired) electrons. The third-order valence-electron chi connectivity index (χ3n) is 5.22. The maximum atomic E-state index is 13.2. The van der Waals surface area contributed by atoms with E-state index < -0.39 is 28.7 Å². The highest BCUT2D eigenvalue weighted by molar-refractivity contribution is 7.89. The van der Waals surface area contributed by atoms with Gasteiger partial charge in [0.1, 0.15) is 6.54 Å². The molecule has 0 saturated carbocycles. The maximum absolute atomic E-state index is 13.2. The number of amides is 1. The molecule has 2 unspecified atom stereocenters. The van der Waals surface area contributed by atoms with E-state index in [1.54, 1.807) is 13.8 Å². The van der Waals surface area contributed by atoms with Crippen LogP contribution < -0.4 is 0 Å². The quantitative estimate of drug-likeness (QED) is 0.611. The summed E-state index contributed by atoms with van der Waals surface area (Å²) in [6.07, 6.45) is -5.30. The number of carbonyl (C=O) groups excluding carboxylic acids is 1. The van der Waals surface area contributed by atoms with E-state index in [9.17, 15) is 26.4 Å². The largest absolute Gasteiger partial charge is 0.406 e. The number of morpholine rings is 1. The monoisotopic (exact) mass is 495 g/mol. The topological polar surface area (TPSA) is 90.7 Å². The Morgan fingerprint density at radius 3 is 2.32 bits per heavy atom. The molecule has 2 aromatic carbocycles. The van der Waals surface area contributed by atoms with Gasteiger partial charge in [-0.25, -0.2) is 8.42 Å². The van der Waals surface area contributed by atoms with Gasteiger partial charge in [-0.3, -0.25) is 4.79 Å². The van der Waals surface area contributed by atoms with Crippen molar-refractivity contribution >= 4 is 15.9 Å². The molecule has 0 spiro atoms. The summed E-state index contributed by atoms with van der Waals surface area (Å²) < 4.78 is 72.8. The van der Waals surface area contributed by atoms with Crippen molar-refractivity contribution in [2.24, 2.45) is 0 Å². The van der Waals surface area contributed by atoms with Gasteiger partial charge in [0.05, 0.1) is 28.7 Å². The van der Waals surface area contributed by atoms with Gasteiger partial charge in [-0.15, -0.1) is 0 Å². The second-order valence-corrected chi connectivity index (χ2v) is 10.1. The zero-order valence-corrected chi connectivity index (χ0v) is 19.4. The van der Waals surface area contributed by atoms with Gasteiger partial charge in [-0.2, -0.15) is 22.7 Å². The Kier molecular flexibility index (Phi) is 7.65. The van der Waals surface area contributed by atoms with Crippen LogP contribution in [-0.4, -0.2) is 61.5 Å². The van der Waals surface area contributed by atoms with Gasteiger partial charge >= 0.3 is 6.18 Å². The van der Waals surface area contributed by atoms with E-state index in [-0.39, 0.29) is 42.3 Å². The van der Waals surface area contributed by atoms with Crippen LogP contribution in [0, 0.1) is 11.3 Å². The summed E-state index contributed by atoms with van der Waals surface area (Å²) in [6.45, 7) is 1.88. The average molecular weight is 496 g/mol. The van der Waals surface area contributed by atoms with E-state index in [0.717, 1.165) is 6.07 Å². The van der Waals surface area contributed by atoms with Crippen molar-refractivity contribution < 1.29 is 31.1 Å². The molecule has 1 fully saturated rings. The fourth-order valence-electron chi connectivity index (χ4n) is 3.77. The standard InChI is InChI=1S/C23H24F3N3O4S/c1-16-12-29(13-17(2)33-16)34(31,32)21-5-3-4-20(10-21)22(30)28(15-23(24,25)26)14-19-8-6-18(11-27)7-9-19/h3-10,16-17H,12-15H2,1-2H3. The Bertz CT molecular complexity index is 1170. The average Bonchev–Trinajstić information content (AvgIpc) is 2.77. The van der Waals surface area contributed by atoms with Crippen LogP contribution in [0.3, 0.4) is 0 Å². The number of benzene rings is 2. The van der Waals surface area contributed by atoms with Crippen molar-refractivity contribution in [1.82, 2.24) is 9.21 Å². The van der Waals surface area contributed by atoms with Gasteiger partial charge < -0.3 is 9.64 Å². The minimum Gasteiger partial charge on any atom is -0.373 e. The molecular formula is C23H24F3N3O4S. The number of hydrogen-bond acceptors (Lipinski definition) is 5. The highest BCUT2D eigenvalue weighted by atomic mass is 32.2. The van der Waals surface area contributed by atoms with Crippen LogP contribution in [0.2, 0.25) is 0 Å². The minimum absolute atomic E-state index is 0.129. The Morgan fingerprint density at radius 2 is 1.76 bits per heavy atom. The van der Waals surface area contributed by atoms with Gasteiger partial charge in [-0.1, -0.05) is 18.2 Å². The number of nitrogens with zero attached hydrogens (tertiary/aromatic N) is 3. The van der Waals surface area contributed by atoms with E-state index in [1.165, 1.54) is 46.8 Å². The lowest BCUT2D eigenvalue weighted by Gasteiger charge is -2.34. The molecular weight excluding hydrogens is 471 g/mol. The highest BCUT2D eigenvalue weighted by Crippen LogP contribution is 2.24. The van der Waals surface area contributed by atoms with Crippen LogP contribution in [0.5, 0.6) is 0 Å². The molecule has 34 heavy (non-hydrogen) atoms. The molecule has 0 aliphatic carbocycles. The first-order valence-corrected chi connectivity index (χ1v) is 11.9. The molecule has 1 aliphatic heterocycles. The molecule has 2 aromatic rings. The summed E-state index contributed by atoms with van der Waals surface area (Å²) >= 11 is 0. The zero-order chi connectivity index (χ0) is 25.1. The minimum atomic E-state index is -4.66. The van der Waals surface area contributed by atoms with Crippen molar-refractivity contribution in [3.8, 4) is 6.07 Å². The van der Waals surface area contributed by atoms with Gasteiger partial charge in [0, 0.05) is 25.2 Å². The van der Waals surface area contributed by atoms with Gasteiger partial charge in [0.2, 0.25) is 10.0 Å². The normalized spacial score (nSPS) is 19.4. The number of hydrogen-bond donors (Lipinski definition) is 0. The van der Waals surface area contributed by atoms with Crippen molar-refractivity contribution in [2.75, 3.05) is 19.6 Å². The first-order chi connectivity index (χ1) is 15.9. The number of halogens is 3. The molecule has 11 heteroatoms. The number of rotatable bonds is 6. The Morgan fingerprint density at radius 1 is 1.15 bits per heavy atom. The second kappa shape index (κ2) is 10.1. The Labute approximate surface area is 196 Å². The molecule has 1 amide bonds. The zero-order valence-electron chi connectivity index (χ0n) is 18.6. The number of nitriles is 1. The predicted molar refractivity (Wildman–Crippen MR) is 117 cm³/mol. The van der Waals surface area contributed by atoms with E-state index in [4.69, 9.17) is 10.00 Å². The molecule has 3 rings (SSSR count). The Hall–Kier alpha value is -2.94. The van der Waals surface area contributed by atoms with Crippen molar-refractivity contribution in [3.63, 3.8) is 0 Å². The van der Waals surface area contributed by atoms with Crippen molar-refractivity contribution in [3.05, 3.63) is 65.2 Å². The molecule has 2 atom stereocenters. The van der Waals surface area contributed by atoms with Crippen molar-refractivity contribution in [1.29, 1.82) is 5.26 Å². The summed E-state index contributed by atoms with van der Waals surface area (Å²) in [5.74, 6) is -0.956. The number of carbonyl (C=O) groups is 1. The molecule has 1 aliphatic rings. The lowest BCUT2D eigenvalue weighted by molar-refractivity contribution is -0.141. The SMILES string of the molecule is CC1CN(S(=O)(=O)c2cccc(C(=O)N(Cc3ccc(C#N)cc3)CC(F)(F)F)c2)CC(C)O1. The smallest absolute Gasteiger partial charge is 0.373 e. The summed E-state index contributed by atoms with van der Waals surface area (Å²) in [7, 11) is -3.98. The first kappa shape index (κ1) is 25.7. The van der Waals surface area contributed by atoms with E-state index in [0.29, 0.717) is 16.0 Å². The number of alkyl halides is 3. The van der Waals surface area contributed by atoms with Gasteiger partial charge in [0.25, 0.3) is 5.91 Å². The summed E-state index contributed by atoms with van der Waals surface area (Å²) in [6, 6.07) is 12.8. The summed E-state index contributed by atoms with van der Waals surface area (Å²) in [4.78, 5) is 13.5. The maximum Gasteiger partial charge on any atom is 0.406 e. The first-order valence-electron chi connectivity index (χ1n) is 10.5.